The number of hydrogen-bond acceptors (Lipinski definition) is 3. The molecule has 5 heteroatoms. The molecule has 0 saturated heterocycles. The third-order valence-electron chi connectivity index (χ3n) is 3.21. The third kappa shape index (κ3) is 2.61. The van der Waals surface area contributed by atoms with Crippen LogP contribution in [0.25, 0.3) is 0 Å². The Kier molecular flexibility index (Phi) is 3.82. The van der Waals surface area contributed by atoms with Gasteiger partial charge in [-0.1, -0.05) is 29.4 Å². The molecule has 18 heavy (non-hydrogen) atoms. The van der Waals surface area contributed by atoms with Gasteiger partial charge in [-0.25, -0.2) is 0 Å². The van der Waals surface area contributed by atoms with Crippen LogP contribution in [0.3, 0.4) is 0 Å². The first-order chi connectivity index (χ1) is 8.72. The van der Waals surface area contributed by atoms with Gasteiger partial charge in [-0.15, -0.1) is 0 Å². The standard InChI is InChI=1S/C13H17N3O2/c14-12(16-18)6-3-7-15-13(17)11-8-9-4-1-2-5-10(9)11/h1-2,4-5,11,18H,3,6-8H2,(H2,14,16)(H,15,17). The minimum absolute atomic E-state index is 0.00921. The zero-order valence-corrected chi connectivity index (χ0v) is 10.1. The van der Waals surface area contributed by atoms with Gasteiger partial charge >= 0.3 is 0 Å². The normalized spacial score (nSPS) is 17.8. The molecule has 1 aliphatic rings. The predicted molar refractivity (Wildman–Crippen MR) is 68.5 cm³/mol. The van der Waals surface area contributed by atoms with Gasteiger partial charge in [0, 0.05) is 13.0 Å². The van der Waals surface area contributed by atoms with Crippen molar-refractivity contribution in [2.45, 2.75) is 25.2 Å². The maximum atomic E-state index is 11.9. The molecule has 1 aromatic rings. The van der Waals surface area contributed by atoms with E-state index in [2.05, 4.69) is 16.5 Å². The monoisotopic (exact) mass is 247 g/mol. The largest absolute Gasteiger partial charge is 0.409 e. The summed E-state index contributed by atoms with van der Waals surface area (Å²) in [5.74, 6) is 0.247. The first-order valence-electron chi connectivity index (χ1n) is 6.04. The summed E-state index contributed by atoms with van der Waals surface area (Å²) in [5.41, 5.74) is 7.73. The highest BCUT2D eigenvalue weighted by molar-refractivity contribution is 5.86. The summed E-state index contributed by atoms with van der Waals surface area (Å²) >= 11 is 0. The highest BCUT2D eigenvalue weighted by Gasteiger charge is 2.31. The highest BCUT2D eigenvalue weighted by atomic mass is 16.4. The summed E-state index contributed by atoms with van der Waals surface area (Å²) in [7, 11) is 0. The van der Waals surface area contributed by atoms with Crippen LogP contribution in [0.15, 0.2) is 29.4 Å². The number of nitrogens with zero attached hydrogens (tertiary/aromatic N) is 1. The van der Waals surface area contributed by atoms with Crippen molar-refractivity contribution in [1.29, 1.82) is 0 Å². The van der Waals surface area contributed by atoms with Crippen LogP contribution in [0.2, 0.25) is 0 Å². The van der Waals surface area contributed by atoms with Crippen molar-refractivity contribution in [3.8, 4) is 0 Å². The van der Waals surface area contributed by atoms with Gasteiger partial charge in [0.15, 0.2) is 0 Å². The molecule has 0 aliphatic heterocycles. The van der Waals surface area contributed by atoms with E-state index < -0.39 is 0 Å². The van der Waals surface area contributed by atoms with Crippen LogP contribution in [0.4, 0.5) is 0 Å². The lowest BCUT2D eigenvalue weighted by Crippen LogP contribution is -2.36. The molecule has 2 rings (SSSR count). The Hall–Kier alpha value is -2.04. The van der Waals surface area contributed by atoms with E-state index in [-0.39, 0.29) is 17.7 Å². The van der Waals surface area contributed by atoms with Crippen LogP contribution in [0.1, 0.15) is 29.9 Å². The summed E-state index contributed by atoms with van der Waals surface area (Å²) in [6.07, 6.45) is 1.98. The van der Waals surface area contributed by atoms with E-state index >= 15 is 0 Å². The SMILES string of the molecule is NC(CCCNC(=O)C1Cc2ccccc21)=NO. The molecule has 0 aromatic heterocycles. The van der Waals surface area contributed by atoms with Crippen molar-refractivity contribution in [2.24, 2.45) is 10.9 Å². The van der Waals surface area contributed by atoms with Crippen LogP contribution in [-0.4, -0.2) is 23.5 Å². The molecule has 0 radical (unpaired) electrons. The van der Waals surface area contributed by atoms with Gasteiger partial charge in [0.1, 0.15) is 5.84 Å². The van der Waals surface area contributed by atoms with Gasteiger partial charge in [-0.2, -0.15) is 0 Å². The minimum Gasteiger partial charge on any atom is -0.409 e. The van der Waals surface area contributed by atoms with Crippen molar-refractivity contribution in [3.63, 3.8) is 0 Å². The van der Waals surface area contributed by atoms with Crippen LogP contribution in [0, 0.1) is 0 Å². The number of nitrogens with one attached hydrogen (secondary N) is 1. The van der Waals surface area contributed by atoms with Gasteiger partial charge < -0.3 is 16.3 Å². The molecule has 0 saturated carbocycles. The van der Waals surface area contributed by atoms with Gasteiger partial charge in [0.2, 0.25) is 5.91 Å². The number of carbonyl (C=O) groups excluding carboxylic acids is 1. The Morgan fingerprint density at radius 1 is 1.50 bits per heavy atom. The van der Waals surface area contributed by atoms with Gasteiger partial charge in [-0.05, 0) is 24.0 Å². The maximum absolute atomic E-state index is 11.9. The fourth-order valence-electron chi connectivity index (χ4n) is 2.15. The Morgan fingerprint density at radius 2 is 2.28 bits per heavy atom. The fraction of sp³-hybridized carbons (Fsp3) is 0.385. The van der Waals surface area contributed by atoms with E-state index in [9.17, 15) is 4.79 Å². The summed E-state index contributed by atoms with van der Waals surface area (Å²) in [5, 5.41) is 14.1. The Labute approximate surface area is 106 Å². The average Bonchev–Trinajstić information content (AvgIpc) is 2.36. The molecule has 1 aliphatic carbocycles. The Morgan fingerprint density at radius 3 is 3.00 bits per heavy atom. The van der Waals surface area contributed by atoms with Crippen molar-refractivity contribution >= 4 is 11.7 Å². The zero-order valence-electron chi connectivity index (χ0n) is 10.1. The number of fused-ring (bicyclic) bond motifs is 1. The lowest BCUT2D eigenvalue weighted by Gasteiger charge is -2.28. The average molecular weight is 247 g/mol. The molecular weight excluding hydrogens is 230 g/mol. The number of carbonyl (C=O) groups is 1. The van der Waals surface area contributed by atoms with E-state index in [1.165, 1.54) is 5.56 Å². The minimum atomic E-state index is -0.00921. The van der Waals surface area contributed by atoms with Crippen LogP contribution in [0.5, 0.6) is 0 Å². The van der Waals surface area contributed by atoms with E-state index in [4.69, 9.17) is 10.9 Å². The van der Waals surface area contributed by atoms with Gasteiger partial charge in [0.25, 0.3) is 0 Å². The zero-order chi connectivity index (χ0) is 13.0. The second-order valence-corrected chi connectivity index (χ2v) is 4.44. The number of hydrogen-bond donors (Lipinski definition) is 3. The third-order valence-corrected chi connectivity index (χ3v) is 3.21. The summed E-state index contributed by atoms with van der Waals surface area (Å²) in [6, 6.07) is 8.00. The topological polar surface area (TPSA) is 87.7 Å². The molecule has 1 atom stereocenters. The predicted octanol–water partition coefficient (Wildman–Crippen LogP) is 0.969. The van der Waals surface area contributed by atoms with Crippen LogP contribution < -0.4 is 11.1 Å². The summed E-state index contributed by atoms with van der Waals surface area (Å²) in [6.45, 7) is 0.549. The van der Waals surface area contributed by atoms with Gasteiger partial charge in [-0.3, -0.25) is 4.79 Å². The molecule has 4 N–H and O–H groups in total. The number of amidine groups is 1. The highest BCUT2D eigenvalue weighted by Crippen LogP contribution is 2.34. The van der Waals surface area contributed by atoms with E-state index in [0.717, 1.165) is 12.0 Å². The summed E-state index contributed by atoms with van der Waals surface area (Å²) < 4.78 is 0. The molecular formula is C13H17N3O2. The smallest absolute Gasteiger partial charge is 0.227 e. The maximum Gasteiger partial charge on any atom is 0.227 e. The van der Waals surface area contributed by atoms with Crippen molar-refractivity contribution in [2.75, 3.05) is 6.54 Å². The van der Waals surface area contributed by atoms with E-state index in [1.807, 2.05) is 18.2 Å². The van der Waals surface area contributed by atoms with Crippen molar-refractivity contribution in [3.05, 3.63) is 35.4 Å². The molecule has 1 aromatic carbocycles. The quantitative estimate of drug-likeness (QED) is 0.238. The van der Waals surface area contributed by atoms with E-state index in [0.29, 0.717) is 19.4 Å². The van der Waals surface area contributed by atoms with Crippen molar-refractivity contribution in [1.82, 2.24) is 5.32 Å². The molecule has 96 valence electrons. The molecule has 1 unspecified atom stereocenters. The molecule has 0 spiro atoms. The number of amides is 1. The van der Waals surface area contributed by atoms with Crippen LogP contribution >= 0.6 is 0 Å². The Balaban J connectivity index is 1.74. The molecule has 0 fully saturated rings. The van der Waals surface area contributed by atoms with Gasteiger partial charge in [0.05, 0.1) is 5.92 Å². The lowest BCUT2D eigenvalue weighted by atomic mass is 9.77. The lowest BCUT2D eigenvalue weighted by molar-refractivity contribution is -0.123. The first-order valence-corrected chi connectivity index (χ1v) is 6.04. The molecule has 5 nitrogen and oxygen atoms in total. The second-order valence-electron chi connectivity index (χ2n) is 4.44. The fourth-order valence-corrected chi connectivity index (χ4v) is 2.15. The molecule has 0 heterocycles. The number of oxime groups is 1. The van der Waals surface area contributed by atoms with E-state index in [1.54, 1.807) is 0 Å². The number of nitrogens with two attached hydrogens (primary N) is 1. The summed E-state index contributed by atoms with van der Waals surface area (Å²) in [4.78, 5) is 11.9. The Bertz CT molecular complexity index is 471. The molecule has 0 bridgehead atoms. The number of benzene rings is 1. The first kappa shape index (κ1) is 12.4. The van der Waals surface area contributed by atoms with Crippen LogP contribution in [-0.2, 0) is 11.2 Å². The van der Waals surface area contributed by atoms with Crippen molar-refractivity contribution < 1.29 is 10.0 Å². The second kappa shape index (κ2) is 5.53. The molecule has 1 amide bonds. The number of rotatable bonds is 5.